The minimum absolute atomic E-state index is 0.0413. The predicted octanol–water partition coefficient (Wildman–Crippen LogP) is 3.49. The SMILES string of the molecule is C/N=c1\sc(C2CCN(C(=O)CCS(=O)(=O)c3ccc4cc(Cl)ccc4c3)CC2)c(CO)n1C. The van der Waals surface area contributed by atoms with E-state index in [1.54, 1.807) is 59.7 Å². The fourth-order valence-corrected chi connectivity index (χ4v) is 7.18. The lowest BCUT2D eigenvalue weighted by Crippen LogP contribution is -2.38. The summed E-state index contributed by atoms with van der Waals surface area (Å²) in [6.07, 6.45) is 1.52. The van der Waals surface area contributed by atoms with Crippen LogP contribution in [0.1, 0.15) is 35.8 Å². The number of likely N-dealkylation sites (tertiary alicyclic amines) is 1. The van der Waals surface area contributed by atoms with Crippen LogP contribution < -0.4 is 4.80 Å². The number of hydrogen-bond acceptors (Lipinski definition) is 6. The molecular weight excluding hydrogens is 494 g/mol. The molecule has 34 heavy (non-hydrogen) atoms. The number of sulfone groups is 1. The van der Waals surface area contributed by atoms with Crippen LogP contribution in [-0.4, -0.2) is 54.8 Å². The molecule has 10 heteroatoms. The number of aliphatic hydroxyl groups excluding tert-OH is 1. The second-order valence-electron chi connectivity index (χ2n) is 8.51. The second kappa shape index (κ2) is 10.2. The summed E-state index contributed by atoms with van der Waals surface area (Å²) in [7, 11) is 0.0531. The minimum atomic E-state index is -3.58. The van der Waals surface area contributed by atoms with Gasteiger partial charge in [0.05, 0.1) is 22.9 Å². The van der Waals surface area contributed by atoms with Crippen molar-refractivity contribution in [3.8, 4) is 0 Å². The largest absolute Gasteiger partial charge is 0.390 e. The molecule has 3 aromatic rings. The van der Waals surface area contributed by atoms with Gasteiger partial charge in [0.15, 0.2) is 14.6 Å². The third-order valence-electron chi connectivity index (χ3n) is 6.45. The highest BCUT2D eigenvalue weighted by molar-refractivity contribution is 7.91. The van der Waals surface area contributed by atoms with Crippen molar-refractivity contribution in [1.82, 2.24) is 9.47 Å². The molecule has 1 aliphatic rings. The number of aliphatic hydroxyl groups is 1. The first-order chi connectivity index (χ1) is 16.2. The molecular formula is C24H28ClN3O4S2. The topological polar surface area (TPSA) is 92.0 Å². The number of carbonyl (C=O) groups excluding carboxylic acids is 1. The van der Waals surface area contributed by atoms with Gasteiger partial charge < -0.3 is 14.6 Å². The maximum atomic E-state index is 12.9. The smallest absolute Gasteiger partial charge is 0.223 e. The molecule has 7 nitrogen and oxygen atoms in total. The molecule has 0 aliphatic carbocycles. The Balaban J connectivity index is 1.38. The summed E-state index contributed by atoms with van der Waals surface area (Å²) in [4.78, 5) is 21.0. The van der Waals surface area contributed by atoms with Crippen molar-refractivity contribution in [2.75, 3.05) is 25.9 Å². The average molecular weight is 522 g/mol. The Hall–Kier alpha value is -2.20. The number of piperidine rings is 1. The molecule has 2 aromatic carbocycles. The van der Waals surface area contributed by atoms with Crippen LogP contribution in [0.2, 0.25) is 5.02 Å². The molecule has 0 unspecified atom stereocenters. The zero-order chi connectivity index (χ0) is 24.5. The Morgan fingerprint density at radius 2 is 1.85 bits per heavy atom. The van der Waals surface area contributed by atoms with Crippen LogP contribution in [0.15, 0.2) is 46.3 Å². The molecule has 182 valence electrons. The highest BCUT2D eigenvalue weighted by atomic mass is 35.5. The third kappa shape index (κ3) is 5.07. The van der Waals surface area contributed by atoms with E-state index in [4.69, 9.17) is 11.6 Å². The van der Waals surface area contributed by atoms with Gasteiger partial charge >= 0.3 is 0 Å². The van der Waals surface area contributed by atoms with E-state index in [0.29, 0.717) is 18.1 Å². The quantitative estimate of drug-likeness (QED) is 0.537. The maximum absolute atomic E-state index is 12.9. The summed E-state index contributed by atoms with van der Waals surface area (Å²) in [5, 5.41) is 12.1. The highest BCUT2D eigenvalue weighted by Crippen LogP contribution is 2.33. The first kappa shape index (κ1) is 24.9. The molecule has 1 aliphatic heterocycles. The van der Waals surface area contributed by atoms with Gasteiger partial charge in [0.25, 0.3) is 0 Å². The summed E-state index contributed by atoms with van der Waals surface area (Å²) < 4.78 is 27.7. The van der Waals surface area contributed by atoms with Crippen molar-refractivity contribution in [1.29, 1.82) is 0 Å². The normalized spacial score (nSPS) is 15.9. The van der Waals surface area contributed by atoms with Crippen LogP contribution >= 0.6 is 22.9 Å². The van der Waals surface area contributed by atoms with Crippen molar-refractivity contribution in [2.45, 2.75) is 36.7 Å². The van der Waals surface area contributed by atoms with Crippen LogP contribution in [0.3, 0.4) is 0 Å². The number of nitrogens with zero attached hydrogens (tertiary/aromatic N) is 3. The number of amides is 1. The average Bonchev–Trinajstić information content (AvgIpc) is 3.17. The number of fused-ring (bicyclic) bond motifs is 1. The first-order valence-corrected chi connectivity index (χ1v) is 14.0. The maximum Gasteiger partial charge on any atom is 0.223 e. The lowest BCUT2D eigenvalue weighted by atomic mass is 9.94. The zero-order valence-electron chi connectivity index (χ0n) is 19.2. The number of aromatic nitrogens is 1. The Morgan fingerprint density at radius 1 is 1.18 bits per heavy atom. The number of halogens is 1. The van der Waals surface area contributed by atoms with Gasteiger partial charge in [-0.05, 0) is 53.8 Å². The van der Waals surface area contributed by atoms with Crippen molar-refractivity contribution >= 4 is 49.5 Å². The van der Waals surface area contributed by atoms with Crippen LogP contribution in [0.4, 0.5) is 0 Å². The zero-order valence-corrected chi connectivity index (χ0v) is 21.6. The van der Waals surface area contributed by atoms with Gasteiger partial charge in [-0.1, -0.05) is 23.7 Å². The second-order valence-corrected chi connectivity index (χ2v) is 12.1. The van der Waals surface area contributed by atoms with E-state index >= 15 is 0 Å². The predicted molar refractivity (Wildman–Crippen MR) is 135 cm³/mol. The highest BCUT2D eigenvalue weighted by Gasteiger charge is 2.28. The molecule has 1 amide bonds. The Kier molecular flexibility index (Phi) is 7.47. The molecule has 0 saturated carbocycles. The fraction of sp³-hybridized carbons (Fsp3) is 0.417. The number of benzene rings is 2. The van der Waals surface area contributed by atoms with Crippen LogP contribution in [0.25, 0.3) is 10.8 Å². The summed E-state index contributed by atoms with van der Waals surface area (Å²) in [6.45, 7) is 1.10. The van der Waals surface area contributed by atoms with Gasteiger partial charge in [-0.2, -0.15) is 0 Å². The monoisotopic (exact) mass is 521 g/mol. The van der Waals surface area contributed by atoms with Crippen molar-refractivity contribution in [3.63, 3.8) is 0 Å². The van der Waals surface area contributed by atoms with Gasteiger partial charge in [0.2, 0.25) is 5.91 Å². The Bertz CT molecular complexity index is 1390. The summed E-state index contributed by atoms with van der Waals surface area (Å²) in [5.74, 6) is -0.104. The molecule has 0 bridgehead atoms. The van der Waals surface area contributed by atoms with Gasteiger partial charge in [-0.15, -0.1) is 11.3 Å². The molecule has 1 saturated heterocycles. The number of thiazole rings is 1. The van der Waals surface area contributed by atoms with E-state index in [1.807, 2.05) is 11.6 Å². The summed E-state index contributed by atoms with van der Waals surface area (Å²) in [6, 6.07) is 10.2. The van der Waals surface area contributed by atoms with Crippen molar-refractivity contribution in [2.24, 2.45) is 12.0 Å². The van der Waals surface area contributed by atoms with Gasteiger partial charge in [0, 0.05) is 43.5 Å². The molecule has 4 rings (SSSR count). The summed E-state index contributed by atoms with van der Waals surface area (Å²) in [5.41, 5.74) is 0.874. The van der Waals surface area contributed by atoms with Crippen LogP contribution in [0.5, 0.6) is 0 Å². The fourth-order valence-electron chi connectivity index (χ4n) is 4.48. The standard InChI is InChI=1S/C24H28ClN3O4S2/c1-26-24-27(2)21(15-29)23(33-24)16-7-10-28(11-8-16)22(30)9-12-34(31,32)20-6-4-17-13-19(25)5-3-18(17)14-20/h3-6,13-14,16,29H,7-12,15H2,1-2H3/b26-24-. The van der Waals surface area contributed by atoms with Gasteiger partial charge in [-0.25, -0.2) is 8.42 Å². The van der Waals surface area contributed by atoms with Crippen LogP contribution in [-0.2, 0) is 28.3 Å². The molecule has 1 N–H and O–H groups in total. The van der Waals surface area contributed by atoms with E-state index < -0.39 is 9.84 Å². The van der Waals surface area contributed by atoms with E-state index in [-0.39, 0.29) is 35.5 Å². The molecule has 2 heterocycles. The lowest BCUT2D eigenvalue weighted by Gasteiger charge is -2.32. The summed E-state index contributed by atoms with van der Waals surface area (Å²) >= 11 is 7.59. The number of rotatable bonds is 6. The Labute approximate surface area is 208 Å². The van der Waals surface area contributed by atoms with E-state index in [2.05, 4.69) is 4.99 Å². The molecule has 0 spiro atoms. The minimum Gasteiger partial charge on any atom is -0.390 e. The molecule has 0 atom stereocenters. The van der Waals surface area contributed by atoms with E-state index in [0.717, 1.165) is 39.0 Å². The van der Waals surface area contributed by atoms with E-state index in [9.17, 15) is 18.3 Å². The first-order valence-electron chi connectivity index (χ1n) is 11.2. The van der Waals surface area contributed by atoms with Crippen molar-refractivity contribution < 1.29 is 18.3 Å². The Morgan fingerprint density at radius 3 is 2.53 bits per heavy atom. The van der Waals surface area contributed by atoms with Gasteiger partial charge in [-0.3, -0.25) is 9.79 Å². The molecule has 0 radical (unpaired) electrons. The van der Waals surface area contributed by atoms with Gasteiger partial charge in [0.1, 0.15) is 0 Å². The van der Waals surface area contributed by atoms with E-state index in [1.165, 1.54) is 0 Å². The molecule has 1 fully saturated rings. The number of carbonyl (C=O) groups is 1. The van der Waals surface area contributed by atoms with Crippen molar-refractivity contribution in [3.05, 3.63) is 56.8 Å². The van der Waals surface area contributed by atoms with Crippen LogP contribution in [0, 0.1) is 0 Å². The third-order valence-corrected chi connectivity index (χ3v) is 9.83. The number of hydrogen-bond donors (Lipinski definition) is 1. The molecule has 1 aromatic heterocycles. The lowest BCUT2D eigenvalue weighted by molar-refractivity contribution is -0.131.